The summed E-state index contributed by atoms with van der Waals surface area (Å²) in [5.41, 5.74) is 1.14. The number of ether oxygens (including phenoxy) is 1. The molecule has 0 aliphatic heterocycles. The Kier molecular flexibility index (Phi) is 7.32. The zero-order chi connectivity index (χ0) is 11.7. The van der Waals surface area contributed by atoms with E-state index in [0.717, 1.165) is 24.8 Å². The number of hydrogen-bond donors (Lipinski definition) is 1. The molecule has 0 rings (SSSR count). The van der Waals surface area contributed by atoms with Crippen molar-refractivity contribution in [2.24, 2.45) is 0 Å². The Labute approximate surface area is 90.7 Å². The van der Waals surface area contributed by atoms with Gasteiger partial charge < -0.3 is 10.1 Å². The Bertz CT molecular complexity index is 246. The van der Waals surface area contributed by atoms with Crippen LogP contribution in [0.4, 0.5) is 0 Å². The maximum absolute atomic E-state index is 11.4. The maximum atomic E-state index is 11.4. The van der Waals surface area contributed by atoms with Gasteiger partial charge in [0.1, 0.15) is 5.70 Å². The van der Waals surface area contributed by atoms with Crippen LogP contribution in [0.15, 0.2) is 11.3 Å². The molecular weight excluding hydrogens is 194 g/mol. The van der Waals surface area contributed by atoms with Crippen LogP contribution in [0.5, 0.6) is 0 Å². The molecule has 0 aromatic carbocycles. The van der Waals surface area contributed by atoms with Crippen molar-refractivity contribution in [2.45, 2.75) is 40.0 Å². The van der Waals surface area contributed by atoms with E-state index in [2.05, 4.69) is 12.2 Å². The smallest absolute Gasteiger partial charge is 0.354 e. The van der Waals surface area contributed by atoms with Crippen LogP contribution < -0.4 is 5.32 Å². The predicted octanol–water partition coefficient (Wildman–Crippen LogP) is 1.76. The Morgan fingerprint density at radius 2 is 2.07 bits per heavy atom. The van der Waals surface area contributed by atoms with Gasteiger partial charge in [-0.05, 0) is 32.3 Å². The standard InChI is InChI=1S/C11H19NO3/c1-4-6-7-9(3)10(12-8-13)11(14)15-5-2/h8H,4-7H2,1-3H3,(H,12,13). The van der Waals surface area contributed by atoms with Crippen LogP contribution >= 0.6 is 0 Å². The molecule has 0 aliphatic rings. The monoisotopic (exact) mass is 213 g/mol. The van der Waals surface area contributed by atoms with E-state index in [1.54, 1.807) is 6.92 Å². The van der Waals surface area contributed by atoms with Crippen molar-refractivity contribution in [3.8, 4) is 0 Å². The van der Waals surface area contributed by atoms with Gasteiger partial charge in [0.25, 0.3) is 0 Å². The molecule has 0 unspecified atom stereocenters. The van der Waals surface area contributed by atoms with E-state index in [-0.39, 0.29) is 5.70 Å². The molecule has 0 saturated heterocycles. The third-order valence-electron chi connectivity index (χ3n) is 2.01. The molecule has 4 heteroatoms. The van der Waals surface area contributed by atoms with E-state index in [1.165, 1.54) is 0 Å². The lowest BCUT2D eigenvalue weighted by molar-refractivity contribution is -0.139. The first-order valence-corrected chi connectivity index (χ1v) is 5.24. The number of carbonyl (C=O) groups is 2. The van der Waals surface area contributed by atoms with Gasteiger partial charge >= 0.3 is 5.97 Å². The molecule has 1 N–H and O–H groups in total. The summed E-state index contributed by atoms with van der Waals surface area (Å²) in [5, 5.41) is 2.40. The second-order valence-electron chi connectivity index (χ2n) is 3.24. The van der Waals surface area contributed by atoms with Crippen LogP contribution in [0.3, 0.4) is 0 Å². The molecule has 0 aliphatic carbocycles. The van der Waals surface area contributed by atoms with Crippen LogP contribution in [0, 0.1) is 0 Å². The summed E-state index contributed by atoms with van der Waals surface area (Å²) in [4.78, 5) is 21.8. The van der Waals surface area contributed by atoms with Crippen molar-refractivity contribution >= 4 is 12.4 Å². The van der Waals surface area contributed by atoms with Crippen LogP contribution in [0.25, 0.3) is 0 Å². The fourth-order valence-electron chi connectivity index (χ4n) is 1.19. The first kappa shape index (κ1) is 13.7. The van der Waals surface area contributed by atoms with E-state index in [4.69, 9.17) is 4.74 Å². The van der Waals surface area contributed by atoms with Gasteiger partial charge in [-0.3, -0.25) is 4.79 Å². The lowest BCUT2D eigenvalue weighted by Gasteiger charge is -2.09. The SMILES string of the molecule is CCCCC(C)=C(NC=O)C(=O)OCC. The van der Waals surface area contributed by atoms with Gasteiger partial charge in [-0.25, -0.2) is 4.79 Å². The highest BCUT2D eigenvalue weighted by Gasteiger charge is 2.12. The van der Waals surface area contributed by atoms with Gasteiger partial charge in [-0.15, -0.1) is 0 Å². The van der Waals surface area contributed by atoms with Crippen molar-refractivity contribution in [3.05, 3.63) is 11.3 Å². The first-order valence-electron chi connectivity index (χ1n) is 5.24. The number of carbonyl (C=O) groups excluding carboxylic acids is 2. The van der Waals surface area contributed by atoms with E-state index in [0.29, 0.717) is 13.0 Å². The fraction of sp³-hybridized carbons (Fsp3) is 0.636. The summed E-state index contributed by atoms with van der Waals surface area (Å²) in [5.74, 6) is -0.460. The molecule has 4 nitrogen and oxygen atoms in total. The molecule has 0 heterocycles. The van der Waals surface area contributed by atoms with Crippen LogP contribution in [0.1, 0.15) is 40.0 Å². The van der Waals surface area contributed by atoms with Crippen molar-refractivity contribution in [1.82, 2.24) is 5.32 Å². The fourth-order valence-corrected chi connectivity index (χ4v) is 1.19. The molecular formula is C11H19NO3. The molecule has 0 aromatic rings. The van der Waals surface area contributed by atoms with E-state index < -0.39 is 5.97 Å². The van der Waals surface area contributed by atoms with Crippen LogP contribution in [-0.2, 0) is 14.3 Å². The Morgan fingerprint density at radius 1 is 1.40 bits per heavy atom. The van der Waals surface area contributed by atoms with Crippen LogP contribution in [-0.4, -0.2) is 19.0 Å². The number of nitrogens with one attached hydrogen (secondary N) is 1. The minimum absolute atomic E-state index is 0.278. The largest absolute Gasteiger partial charge is 0.461 e. The van der Waals surface area contributed by atoms with Crippen molar-refractivity contribution in [2.75, 3.05) is 6.61 Å². The molecule has 0 radical (unpaired) electrons. The van der Waals surface area contributed by atoms with Gasteiger partial charge in [0.2, 0.25) is 6.41 Å². The minimum Gasteiger partial charge on any atom is -0.461 e. The molecule has 0 bridgehead atoms. The maximum Gasteiger partial charge on any atom is 0.354 e. The predicted molar refractivity (Wildman–Crippen MR) is 58.1 cm³/mol. The number of esters is 1. The first-order chi connectivity index (χ1) is 7.17. The lowest BCUT2D eigenvalue weighted by Crippen LogP contribution is -2.22. The van der Waals surface area contributed by atoms with Crippen molar-refractivity contribution < 1.29 is 14.3 Å². The van der Waals surface area contributed by atoms with E-state index in [1.807, 2.05) is 6.92 Å². The average molecular weight is 213 g/mol. The Morgan fingerprint density at radius 3 is 2.53 bits per heavy atom. The molecule has 0 fully saturated rings. The molecule has 15 heavy (non-hydrogen) atoms. The van der Waals surface area contributed by atoms with Gasteiger partial charge in [0.15, 0.2) is 0 Å². The molecule has 0 atom stereocenters. The molecule has 0 aromatic heterocycles. The Balaban J connectivity index is 4.58. The van der Waals surface area contributed by atoms with Gasteiger partial charge in [-0.1, -0.05) is 13.3 Å². The van der Waals surface area contributed by atoms with Crippen molar-refractivity contribution in [3.63, 3.8) is 0 Å². The summed E-state index contributed by atoms with van der Waals surface area (Å²) in [6.45, 7) is 5.95. The number of rotatable bonds is 7. The van der Waals surface area contributed by atoms with Gasteiger partial charge in [-0.2, -0.15) is 0 Å². The van der Waals surface area contributed by atoms with Crippen LogP contribution in [0.2, 0.25) is 0 Å². The highest BCUT2D eigenvalue weighted by atomic mass is 16.5. The molecule has 0 spiro atoms. The number of amides is 1. The number of hydrogen-bond acceptors (Lipinski definition) is 3. The lowest BCUT2D eigenvalue weighted by atomic mass is 10.1. The normalized spacial score (nSPS) is 11.7. The third-order valence-corrected chi connectivity index (χ3v) is 2.01. The second-order valence-corrected chi connectivity index (χ2v) is 3.24. The molecule has 0 saturated carbocycles. The third kappa shape index (κ3) is 5.20. The second kappa shape index (κ2) is 8.03. The highest BCUT2D eigenvalue weighted by molar-refractivity contribution is 5.90. The summed E-state index contributed by atoms with van der Waals surface area (Å²) in [7, 11) is 0. The zero-order valence-electron chi connectivity index (χ0n) is 9.63. The van der Waals surface area contributed by atoms with E-state index in [9.17, 15) is 9.59 Å². The summed E-state index contributed by atoms with van der Waals surface area (Å²) in [6, 6.07) is 0. The van der Waals surface area contributed by atoms with E-state index >= 15 is 0 Å². The zero-order valence-corrected chi connectivity index (χ0v) is 9.63. The van der Waals surface area contributed by atoms with Crippen molar-refractivity contribution in [1.29, 1.82) is 0 Å². The summed E-state index contributed by atoms with van der Waals surface area (Å²) >= 11 is 0. The molecule has 86 valence electrons. The van der Waals surface area contributed by atoms with Gasteiger partial charge in [0, 0.05) is 0 Å². The highest BCUT2D eigenvalue weighted by Crippen LogP contribution is 2.11. The molecule has 1 amide bonds. The summed E-state index contributed by atoms with van der Waals surface area (Å²) < 4.78 is 4.84. The summed E-state index contributed by atoms with van der Waals surface area (Å²) in [6.07, 6.45) is 3.34. The average Bonchev–Trinajstić information content (AvgIpc) is 2.22. The number of unbranched alkanes of at least 4 members (excludes halogenated alkanes) is 1. The quantitative estimate of drug-likeness (QED) is 0.398. The minimum atomic E-state index is -0.460. The number of allylic oxidation sites excluding steroid dienone is 1. The topological polar surface area (TPSA) is 55.4 Å². The van der Waals surface area contributed by atoms with Gasteiger partial charge in [0.05, 0.1) is 6.61 Å². The Hall–Kier alpha value is -1.32.